The maximum absolute atomic E-state index is 6.16. The lowest BCUT2D eigenvalue weighted by atomic mass is 10.2. The number of pyridine rings is 1. The van der Waals surface area contributed by atoms with Crippen molar-refractivity contribution in [3.05, 3.63) is 83.5 Å². The van der Waals surface area contributed by atoms with Gasteiger partial charge in [-0.25, -0.2) is 4.98 Å². The summed E-state index contributed by atoms with van der Waals surface area (Å²) in [5, 5.41) is 0.513. The molecule has 1 heterocycles. The Kier molecular flexibility index (Phi) is 4.26. The molecule has 0 amide bonds. The van der Waals surface area contributed by atoms with Crippen LogP contribution in [0, 0.1) is 0 Å². The van der Waals surface area contributed by atoms with Crippen LogP contribution >= 0.6 is 11.6 Å². The number of hydrogen-bond donors (Lipinski definition) is 1. The standard InChI is InChI=1S/C18H16ClN3/c19-16-11-12-21-18(17(16)20)22(15-9-5-2-6-10-15)13-14-7-3-1-4-8-14/h1-12H,13,20H2. The highest BCUT2D eigenvalue weighted by molar-refractivity contribution is 6.33. The summed E-state index contributed by atoms with van der Waals surface area (Å²) in [4.78, 5) is 6.49. The van der Waals surface area contributed by atoms with Gasteiger partial charge in [0.2, 0.25) is 0 Å². The van der Waals surface area contributed by atoms with Gasteiger partial charge in [-0.1, -0.05) is 60.1 Å². The second-order valence-corrected chi connectivity index (χ2v) is 5.34. The number of anilines is 3. The zero-order chi connectivity index (χ0) is 15.4. The molecule has 22 heavy (non-hydrogen) atoms. The van der Waals surface area contributed by atoms with Crippen LogP contribution in [-0.2, 0) is 6.54 Å². The Bertz CT molecular complexity index is 745. The second kappa shape index (κ2) is 6.50. The molecule has 0 atom stereocenters. The SMILES string of the molecule is Nc1c(Cl)ccnc1N(Cc1ccccc1)c1ccccc1. The Morgan fingerprint density at radius 2 is 1.55 bits per heavy atom. The molecule has 110 valence electrons. The lowest BCUT2D eigenvalue weighted by Crippen LogP contribution is -2.19. The molecule has 2 aromatic carbocycles. The number of halogens is 1. The van der Waals surface area contributed by atoms with Crippen molar-refractivity contribution >= 4 is 28.8 Å². The molecule has 0 unspecified atom stereocenters. The Morgan fingerprint density at radius 1 is 0.909 bits per heavy atom. The van der Waals surface area contributed by atoms with Gasteiger partial charge in [0.25, 0.3) is 0 Å². The van der Waals surface area contributed by atoms with Crippen LogP contribution in [0.4, 0.5) is 17.2 Å². The number of para-hydroxylation sites is 1. The largest absolute Gasteiger partial charge is 0.395 e. The number of nitrogens with two attached hydrogens (primary N) is 1. The van der Waals surface area contributed by atoms with Gasteiger partial charge in [0.05, 0.1) is 10.7 Å². The third-order valence-corrected chi connectivity index (χ3v) is 3.75. The van der Waals surface area contributed by atoms with Gasteiger partial charge in [-0.3, -0.25) is 0 Å². The molecule has 2 N–H and O–H groups in total. The van der Waals surface area contributed by atoms with Crippen LogP contribution in [0.5, 0.6) is 0 Å². The highest BCUT2D eigenvalue weighted by atomic mass is 35.5. The summed E-state index contributed by atoms with van der Waals surface area (Å²) in [7, 11) is 0. The molecule has 0 aliphatic rings. The molecule has 0 saturated heterocycles. The molecule has 4 heteroatoms. The topological polar surface area (TPSA) is 42.1 Å². The minimum atomic E-state index is 0.490. The van der Waals surface area contributed by atoms with Crippen molar-refractivity contribution in [2.45, 2.75) is 6.54 Å². The summed E-state index contributed by atoms with van der Waals surface area (Å²) in [6.45, 7) is 0.669. The molecule has 0 fully saturated rings. The quantitative estimate of drug-likeness (QED) is 0.762. The third-order valence-electron chi connectivity index (χ3n) is 3.42. The van der Waals surface area contributed by atoms with E-state index in [1.54, 1.807) is 12.3 Å². The van der Waals surface area contributed by atoms with Gasteiger partial charge in [0, 0.05) is 18.4 Å². The van der Waals surface area contributed by atoms with Gasteiger partial charge in [-0.05, 0) is 23.8 Å². The van der Waals surface area contributed by atoms with Crippen molar-refractivity contribution in [2.75, 3.05) is 10.6 Å². The van der Waals surface area contributed by atoms with Crippen LogP contribution in [0.1, 0.15) is 5.56 Å². The van der Waals surface area contributed by atoms with E-state index >= 15 is 0 Å². The van der Waals surface area contributed by atoms with Gasteiger partial charge in [0.1, 0.15) is 0 Å². The minimum absolute atomic E-state index is 0.490. The average molecular weight is 310 g/mol. The summed E-state index contributed by atoms with van der Waals surface area (Å²) in [6, 6.07) is 21.9. The minimum Gasteiger partial charge on any atom is -0.395 e. The van der Waals surface area contributed by atoms with Crippen LogP contribution in [0.3, 0.4) is 0 Å². The first-order chi connectivity index (χ1) is 10.8. The molecule has 3 aromatic rings. The van der Waals surface area contributed by atoms with Crippen molar-refractivity contribution in [2.24, 2.45) is 0 Å². The maximum atomic E-state index is 6.16. The summed E-state index contributed by atoms with van der Waals surface area (Å²) in [6.07, 6.45) is 1.68. The first kappa shape index (κ1) is 14.4. The molecular weight excluding hydrogens is 294 g/mol. The molecule has 3 nitrogen and oxygen atoms in total. The molecule has 0 bridgehead atoms. The normalized spacial score (nSPS) is 10.4. The summed E-state index contributed by atoms with van der Waals surface area (Å²) < 4.78 is 0. The van der Waals surface area contributed by atoms with Crippen molar-refractivity contribution in [1.29, 1.82) is 0 Å². The van der Waals surface area contributed by atoms with E-state index in [1.165, 1.54) is 5.56 Å². The number of rotatable bonds is 4. The number of aromatic nitrogens is 1. The third kappa shape index (κ3) is 3.05. The Labute approximate surface area is 135 Å². The lowest BCUT2D eigenvalue weighted by Gasteiger charge is -2.25. The first-order valence-corrected chi connectivity index (χ1v) is 7.40. The number of nitrogens with zero attached hydrogens (tertiary/aromatic N) is 2. The average Bonchev–Trinajstić information content (AvgIpc) is 2.57. The lowest BCUT2D eigenvalue weighted by molar-refractivity contribution is 0.950. The van der Waals surface area contributed by atoms with E-state index in [1.807, 2.05) is 48.5 Å². The summed E-state index contributed by atoms with van der Waals surface area (Å²) >= 11 is 6.16. The molecule has 0 radical (unpaired) electrons. The van der Waals surface area contributed by atoms with Crippen molar-refractivity contribution in [3.8, 4) is 0 Å². The molecule has 0 aliphatic carbocycles. The fraction of sp³-hybridized carbons (Fsp3) is 0.0556. The van der Waals surface area contributed by atoms with E-state index in [0.29, 0.717) is 23.1 Å². The van der Waals surface area contributed by atoms with Crippen molar-refractivity contribution in [3.63, 3.8) is 0 Å². The smallest absolute Gasteiger partial charge is 0.158 e. The fourth-order valence-corrected chi connectivity index (χ4v) is 2.46. The Morgan fingerprint density at radius 3 is 2.23 bits per heavy atom. The van der Waals surface area contributed by atoms with Crippen molar-refractivity contribution < 1.29 is 0 Å². The molecule has 1 aromatic heterocycles. The fourth-order valence-electron chi connectivity index (χ4n) is 2.32. The van der Waals surface area contributed by atoms with Crippen LogP contribution < -0.4 is 10.6 Å². The number of benzene rings is 2. The van der Waals surface area contributed by atoms with Crippen LogP contribution in [-0.4, -0.2) is 4.98 Å². The first-order valence-electron chi connectivity index (χ1n) is 7.02. The van der Waals surface area contributed by atoms with E-state index in [4.69, 9.17) is 17.3 Å². The van der Waals surface area contributed by atoms with Gasteiger partial charge < -0.3 is 10.6 Å². The molecular formula is C18H16ClN3. The monoisotopic (exact) mass is 309 g/mol. The zero-order valence-corrected chi connectivity index (χ0v) is 12.7. The van der Waals surface area contributed by atoms with Crippen molar-refractivity contribution in [1.82, 2.24) is 4.98 Å². The predicted molar refractivity (Wildman–Crippen MR) is 92.4 cm³/mol. The molecule has 3 rings (SSSR count). The predicted octanol–water partition coefficient (Wildman–Crippen LogP) is 4.66. The van der Waals surface area contributed by atoms with Crippen LogP contribution in [0.2, 0.25) is 5.02 Å². The van der Waals surface area contributed by atoms with Crippen LogP contribution in [0.15, 0.2) is 72.9 Å². The zero-order valence-electron chi connectivity index (χ0n) is 12.0. The van der Waals surface area contributed by atoms with Gasteiger partial charge in [-0.15, -0.1) is 0 Å². The van der Waals surface area contributed by atoms with Crippen LogP contribution in [0.25, 0.3) is 0 Å². The Hall–Kier alpha value is -2.52. The molecule has 0 spiro atoms. The highest BCUT2D eigenvalue weighted by Crippen LogP contribution is 2.33. The number of hydrogen-bond acceptors (Lipinski definition) is 3. The van der Waals surface area contributed by atoms with Gasteiger partial charge >= 0.3 is 0 Å². The van der Waals surface area contributed by atoms with Gasteiger partial charge in [-0.2, -0.15) is 0 Å². The van der Waals surface area contributed by atoms with E-state index in [0.717, 1.165) is 5.69 Å². The molecule has 0 saturated carbocycles. The second-order valence-electron chi connectivity index (χ2n) is 4.94. The maximum Gasteiger partial charge on any atom is 0.158 e. The Balaban J connectivity index is 2.05. The van der Waals surface area contributed by atoms with E-state index in [9.17, 15) is 0 Å². The van der Waals surface area contributed by atoms with E-state index < -0.39 is 0 Å². The van der Waals surface area contributed by atoms with Gasteiger partial charge in [0.15, 0.2) is 5.82 Å². The highest BCUT2D eigenvalue weighted by Gasteiger charge is 2.15. The molecule has 0 aliphatic heterocycles. The summed E-state index contributed by atoms with van der Waals surface area (Å²) in [5.41, 5.74) is 8.82. The van der Waals surface area contributed by atoms with E-state index in [-0.39, 0.29) is 0 Å². The van der Waals surface area contributed by atoms with E-state index in [2.05, 4.69) is 22.0 Å². The summed E-state index contributed by atoms with van der Waals surface area (Å²) in [5.74, 6) is 0.669. The number of nitrogen functional groups attached to an aromatic ring is 1.